The van der Waals surface area contributed by atoms with Gasteiger partial charge in [0.15, 0.2) is 0 Å². The molecule has 1 aliphatic rings. The SMILES string of the molecule is CN1c2ccccc2C(Cc2ccccc2)C1c1ccccc1. The van der Waals surface area contributed by atoms with Crippen LogP contribution < -0.4 is 4.90 Å². The first-order chi connectivity index (χ1) is 11.3. The van der Waals surface area contributed by atoms with Gasteiger partial charge < -0.3 is 4.90 Å². The fraction of sp³-hybridized carbons (Fsp3) is 0.182. The Hall–Kier alpha value is -2.54. The Bertz CT molecular complexity index is 779. The summed E-state index contributed by atoms with van der Waals surface area (Å²) in [5.74, 6) is 0.487. The first-order valence-electron chi connectivity index (χ1n) is 8.25. The summed E-state index contributed by atoms with van der Waals surface area (Å²) in [6.07, 6.45) is 1.07. The summed E-state index contributed by atoms with van der Waals surface area (Å²) >= 11 is 0. The van der Waals surface area contributed by atoms with E-state index < -0.39 is 0 Å². The van der Waals surface area contributed by atoms with E-state index >= 15 is 0 Å². The second-order valence-electron chi connectivity index (χ2n) is 6.32. The average Bonchev–Trinajstić information content (AvgIpc) is 2.89. The normalized spacial score (nSPS) is 19.6. The lowest BCUT2D eigenvalue weighted by Gasteiger charge is -2.27. The lowest BCUT2D eigenvalue weighted by Crippen LogP contribution is -2.23. The smallest absolute Gasteiger partial charge is 0.0611 e. The van der Waals surface area contributed by atoms with Crippen molar-refractivity contribution in [2.75, 3.05) is 11.9 Å². The van der Waals surface area contributed by atoms with E-state index in [1.165, 1.54) is 22.4 Å². The summed E-state index contributed by atoms with van der Waals surface area (Å²) in [5, 5.41) is 0. The van der Waals surface area contributed by atoms with Crippen LogP contribution in [0.3, 0.4) is 0 Å². The van der Waals surface area contributed by atoms with Crippen LogP contribution in [0.1, 0.15) is 28.7 Å². The molecule has 114 valence electrons. The molecule has 3 aromatic rings. The average molecular weight is 299 g/mol. The monoisotopic (exact) mass is 299 g/mol. The predicted octanol–water partition coefficient (Wildman–Crippen LogP) is 5.20. The van der Waals surface area contributed by atoms with Crippen molar-refractivity contribution >= 4 is 5.69 Å². The van der Waals surface area contributed by atoms with Gasteiger partial charge in [0.05, 0.1) is 6.04 Å². The molecular formula is C22H21N. The van der Waals surface area contributed by atoms with Crippen LogP contribution in [0.4, 0.5) is 5.69 Å². The van der Waals surface area contributed by atoms with Gasteiger partial charge in [-0.15, -0.1) is 0 Å². The number of anilines is 1. The van der Waals surface area contributed by atoms with E-state index in [0.29, 0.717) is 12.0 Å². The fourth-order valence-corrected chi connectivity index (χ4v) is 3.91. The predicted molar refractivity (Wildman–Crippen MR) is 96.9 cm³/mol. The van der Waals surface area contributed by atoms with Gasteiger partial charge in [0.25, 0.3) is 0 Å². The largest absolute Gasteiger partial charge is 0.367 e. The molecule has 1 heterocycles. The van der Waals surface area contributed by atoms with Gasteiger partial charge in [0.2, 0.25) is 0 Å². The molecule has 2 atom stereocenters. The molecule has 0 aromatic heterocycles. The Morgan fingerprint density at radius 1 is 0.739 bits per heavy atom. The molecule has 0 spiro atoms. The fourth-order valence-electron chi connectivity index (χ4n) is 3.91. The van der Waals surface area contributed by atoms with Crippen LogP contribution in [0, 0.1) is 0 Å². The second kappa shape index (κ2) is 5.92. The van der Waals surface area contributed by atoms with Gasteiger partial charge in [0.1, 0.15) is 0 Å². The summed E-state index contributed by atoms with van der Waals surface area (Å²) in [7, 11) is 2.22. The maximum Gasteiger partial charge on any atom is 0.0611 e. The number of hydrogen-bond acceptors (Lipinski definition) is 1. The Balaban J connectivity index is 1.78. The minimum Gasteiger partial charge on any atom is -0.367 e. The van der Waals surface area contributed by atoms with Crippen molar-refractivity contribution in [1.82, 2.24) is 0 Å². The van der Waals surface area contributed by atoms with E-state index in [2.05, 4.69) is 96.9 Å². The van der Waals surface area contributed by atoms with Gasteiger partial charge in [-0.1, -0.05) is 78.9 Å². The molecule has 4 rings (SSSR count). The molecule has 0 saturated heterocycles. The molecule has 0 bridgehead atoms. The van der Waals surface area contributed by atoms with E-state index in [1.54, 1.807) is 0 Å². The van der Waals surface area contributed by atoms with Crippen LogP contribution in [0.25, 0.3) is 0 Å². The number of fused-ring (bicyclic) bond motifs is 1. The molecule has 0 amide bonds. The van der Waals surface area contributed by atoms with Gasteiger partial charge in [-0.05, 0) is 29.2 Å². The molecule has 0 fully saturated rings. The Labute approximate surface area is 138 Å². The third-order valence-corrected chi connectivity index (χ3v) is 4.95. The molecule has 0 saturated carbocycles. The highest BCUT2D eigenvalue weighted by Gasteiger charge is 2.36. The van der Waals surface area contributed by atoms with Crippen molar-refractivity contribution in [3.05, 3.63) is 102 Å². The first kappa shape index (κ1) is 14.1. The second-order valence-corrected chi connectivity index (χ2v) is 6.32. The van der Waals surface area contributed by atoms with Gasteiger partial charge in [-0.2, -0.15) is 0 Å². The lowest BCUT2D eigenvalue weighted by molar-refractivity contribution is 0.566. The van der Waals surface area contributed by atoms with E-state index in [9.17, 15) is 0 Å². The summed E-state index contributed by atoms with van der Waals surface area (Å²) < 4.78 is 0. The highest BCUT2D eigenvalue weighted by atomic mass is 15.2. The van der Waals surface area contributed by atoms with E-state index in [4.69, 9.17) is 0 Å². The van der Waals surface area contributed by atoms with Crippen LogP contribution in [-0.4, -0.2) is 7.05 Å². The zero-order chi connectivity index (χ0) is 15.6. The van der Waals surface area contributed by atoms with Gasteiger partial charge >= 0.3 is 0 Å². The van der Waals surface area contributed by atoms with E-state index in [1.807, 2.05) is 0 Å². The number of hydrogen-bond donors (Lipinski definition) is 0. The zero-order valence-electron chi connectivity index (χ0n) is 13.4. The summed E-state index contributed by atoms with van der Waals surface area (Å²) in [4.78, 5) is 2.44. The van der Waals surface area contributed by atoms with E-state index in [0.717, 1.165) is 6.42 Å². The maximum atomic E-state index is 2.44. The van der Waals surface area contributed by atoms with Crippen molar-refractivity contribution in [1.29, 1.82) is 0 Å². The summed E-state index contributed by atoms with van der Waals surface area (Å²) in [5.41, 5.74) is 5.63. The van der Waals surface area contributed by atoms with Crippen molar-refractivity contribution in [2.24, 2.45) is 0 Å². The zero-order valence-corrected chi connectivity index (χ0v) is 13.4. The first-order valence-corrected chi connectivity index (χ1v) is 8.25. The minimum absolute atomic E-state index is 0.397. The Morgan fingerprint density at radius 3 is 2.09 bits per heavy atom. The third-order valence-electron chi connectivity index (χ3n) is 4.95. The summed E-state index contributed by atoms with van der Waals surface area (Å²) in [6, 6.07) is 31.0. The molecule has 3 aromatic carbocycles. The van der Waals surface area contributed by atoms with Crippen LogP contribution >= 0.6 is 0 Å². The van der Waals surface area contributed by atoms with Gasteiger partial charge in [-0.25, -0.2) is 0 Å². The Kier molecular flexibility index (Phi) is 3.63. The van der Waals surface area contributed by atoms with Crippen LogP contribution in [-0.2, 0) is 6.42 Å². The standard InChI is InChI=1S/C22H21N/c1-23-21-15-9-8-14-19(21)20(16-17-10-4-2-5-11-17)22(23)18-12-6-3-7-13-18/h2-15,20,22H,16H2,1H3. The van der Waals surface area contributed by atoms with Crippen molar-refractivity contribution in [3.63, 3.8) is 0 Å². The molecule has 1 nitrogen and oxygen atoms in total. The maximum absolute atomic E-state index is 2.44. The summed E-state index contributed by atoms with van der Waals surface area (Å²) in [6.45, 7) is 0. The van der Waals surface area contributed by atoms with Crippen LogP contribution in [0.5, 0.6) is 0 Å². The molecular weight excluding hydrogens is 278 g/mol. The van der Waals surface area contributed by atoms with Crippen LogP contribution in [0.15, 0.2) is 84.9 Å². The van der Waals surface area contributed by atoms with Crippen LogP contribution in [0.2, 0.25) is 0 Å². The molecule has 2 unspecified atom stereocenters. The van der Waals surface area contributed by atoms with E-state index in [-0.39, 0.29) is 0 Å². The molecule has 0 aliphatic carbocycles. The highest BCUT2D eigenvalue weighted by Crippen LogP contribution is 2.49. The number of benzene rings is 3. The molecule has 1 heteroatoms. The number of likely N-dealkylation sites (N-methyl/N-ethyl adjacent to an activating group) is 1. The molecule has 23 heavy (non-hydrogen) atoms. The van der Waals surface area contributed by atoms with Gasteiger partial charge in [0, 0.05) is 18.7 Å². The lowest BCUT2D eigenvalue weighted by atomic mass is 9.85. The quantitative estimate of drug-likeness (QED) is 0.642. The minimum atomic E-state index is 0.397. The van der Waals surface area contributed by atoms with Gasteiger partial charge in [-0.3, -0.25) is 0 Å². The third kappa shape index (κ3) is 2.53. The molecule has 0 N–H and O–H groups in total. The number of para-hydroxylation sites is 1. The van der Waals surface area contributed by atoms with Crippen molar-refractivity contribution in [3.8, 4) is 0 Å². The number of rotatable bonds is 3. The van der Waals surface area contributed by atoms with Crippen molar-refractivity contribution < 1.29 is 0 Å². The Morgan fingerprint density at radius 2 is 1.35 bits per heavy atom. The topological polar surface area (TPSA) is 3.24 Å². The molecule has 1 aliphatic heterocycles. The number of nitrogens with zero attached hydrogens (tertiary/aromatic N) is 1. The molecule has 0 radical (unpaired) electrons. The van der Waals surface area contributed by atoms with Crippen molar-refractivity contribution in [2.45, 2.75) is 18.4 Å². The highest BCUT2D eigenvalue weighted by molar-refractivity contribution is 5.63.